The Labute approximate surface area is 198 Å². The van der Waals surface area contributed by atoms with Crippen LogP contribution in [0.5, 0.6) is 0 Å². The number of aromatic nitrogens is 5. The zero-order valence-corrected chi connectivity index (χ0v) is 19.9. The maximum Gasteiger partial charge on any atom is 0.256 e. The molecule has 4 aromatic heterocycles. The van der Waals surface area contributed by atoms with Crippen LogP contribution in [0.25, 0.3) is 21.6 Å². The number of hydrogen-bond acceptors (Lipinski definition) is 7. The summed E-state index contributed by atoms with van der Waals surface area (Å²) in [5, 5.41) is 11.0. The maximum absolute atomic E-state index is 13.4. The van der Waals surface area contributed by atoms with E-state index in [0.29, 0.717) is 16.4 Å². The van der Waals surface area contributed by atoms with Crippen LogP contribution in [0.1, 0.15) is 21.6 Å². The van der Waals surface area contributed by atoms with Gasteiger partial charge in [-0.2, -0.15) is 5.10 Å². The van der Waals surface area contributed by atoms with Crippen LogP contribution in [0.3, 0.4) is 0 Å². The normalized spacial score (nSPS) is 11.1. The van der Waals surface area contributed by atoms with E-state index in [1.165, 1.54) is 11.8 Å². The molecule has 7 nitrogen and oxygen atoms in total. The number of nitrogens with zero attached hydrogens (tertiary/aromatic N) is 5. The van der Waals surface area contributed by atoms with Crippen molar-refractivity contribution in [1.82, 2.24) is 24.7 Å². The molecule has 0 aliphatic rings. The summed E-state index contributed by atoms with van der Waals surface area (Å²) in [6, 6.07) is 13.5. The molecule has 33 heavy (non-hydrogen) atoms. The summed E-state index contributed by atoms with van der Waals surface area (Å²) in [6.45, 7) is 3.87. The highest BCUT2D eigenvalue weighted by molar-refractivity contribution is 7.99. The molecule has 0 spiro atoms. The highest BCUT2D eigenvalue weighted by atomic mass is 32.2. The summed E-state index contributed by atoms with van der Waals surface area (Å²) in [6.07, 6.45) is 3.44. The summed E-state index contributed by atoms with van der Waals surface area (Å²) in [4.78, 5) is 28.7. The quantitative estimate of drug-likeness (QED) is 0.340. The third kappa shape index (κ3) is 4.24. The predicted molar refractivity (Wildman–Crippen MR) is 132 cm³/mol. The van der Waals surface area contributed by atoms with Crippen molar-refractivity contribution < 1.29 is 4.79 Å². The Balaban J connectivity index is 1.48. The molecule has 0 aliphatic heterocycles. The van der Waals surface area contributed by atoms with Crippen molar-refractivity contribution in [3.63, 3.8) is 0 Å². The lowest BCUT2D eigenvalue weighted by molar-refractivity contribution is 0.102. The van der Waals surface area contributed by atoms with Crippen molar-refractivity contribution >= 4 is 45.7 Å². The minimum absolute atomic E-state index is 0.189. The third-order valence-corrected chi connectivity index (χ3v) is 6.96. The Morgan fingerprint density at radius 3 is 2.64 bits per heavy atom. The van der Waals surface area contributed by atoms with Gasteiger partial charge in [-0.3, -0.25) is 9.48 Å². The van der Waals surface area contributed by atoms with Gasteiger partial charge in [-0.05, 0) is 73.0 Å². The predicted octanol–water partition coefficient (Wildman–Crippen LogP) is 5.51. The number of pyridine rings is 1. The molecule has 1 amide bonds. The summed E-state index contributed by atoms with van der Waals surface area (Å²) in [5.74, 6) is -0.189. The van der Waals surface area contributed by atoms with Crippen LogP contribution in [0, 0.1) is 13.8 Å². The minimum atomic E-state index is -0.189. The van der Waals surface area contributed by atoms with Gasteiger partial charge in [-0.15, -0.1) is 11.3 Å². The Morgan fingerprint density at radius 2 is 1.91 bits per heavy atom. The smallest absolute Gasteiger partial charge is 0.256 e. The van der Waals surface area contributed by atoms with E-state index in [4.69, 9.17) is 4.98 Å². The van der Waals surface area contributed by atoms with Gasteiger partial charge < -0.3 is 5.32 Å². The van der Waals surface area contributed by atoms with E-state index in [1.54, 1.807) is 34.5 Å². The number of benzene rings is 1. The number of amides is 1. The SMILES string of the molecule is Cc1cc(Sc2ncccn2)ccc1NC(=O)c1cc(-c2cccs2)nc2c1c(C)nn2C. The van der Waals surface area contributed by atoms with Crippen LogP contribution >= 0.6 is 23.1 Å². The lowest BCUT2D eigenvalue weighted by atomic mass is 10.1. The Hall–Kier alpha value is -3.56. The first-order valence-electron chi connectivity index (χ1n) is 10.2. The maximum atomic E-state index is 13.4. The van der Waals surface area contributed by atoms with E-state index < -0.39 is 0 Å². The van der Waals surface area contributed by atoms with Gasteiger partial charge in [-0.25, -0.2) is 15.0 Å². The molecule has 0 bridgehead atoms. The molecule has 0 saturated heterocycles. The molecule has 164 valence electrons. The van der Waals surface area contributed by atoms with Crippen LogP contribution < -0.4 is 5.32 Å². The van der Waals surface area contributed by atoms with Crippen molar-refractivity contribution in [2.24, 2.45) is 7.05 Å². The Morgan fingerprint density at radius 1 is 1.09 bits per heavy atom. The lowest BCUT2D eigenvalue weighted by Crippen LogP contribution is -2.14. The van der Waals surface area contributed by atoms with Crippen molar-refractivity contribution in [2.75, 3.05) is 5.32 Å². The average Bonchev–Trinajstić information content (AvgIpc) is 3.44. The molecule has 0 unspecified atom stereocenters. The molecule has 5 rings (SSSR count). The van der Waals surface area contributed by atoms with E-state index in [0.717, 1.165) is 37.8 Å². The summed E-state index contributed by atoms with van der Waals surface area (Å²) >= 11 is 3.07. The first-order chi connectivity index (χ1) is 16.0. The van der Waals surface area contributed by atoms with Crippen molar-refractivity contribution in [1.29, 1.82) is 0 Å². The fraction of sp³-hybridized carbons (Fsp3) is 0.125. The van der Waals surface area contributed by atoms with Crippen LogP contribution in [0.15, 0.2) is 70.3 Å². The first-order valence-corrected chi connectivity index (χ1v) is 11.9. The number of fused-ring (bicyclic) bond motifs is 1. The van der Waals surface area contributed by atoms with Crippen molar-refractivity contribution in [2.45, 2.75) is 23.9 Å². The molecule has 9 heteroatoms. The Bertz CT molecular complexity index is 1460. The molecule has 0 aliphatic carbocycles. The van der Waals surface area contributed by atoms with E-state index in [1.807, 2.05) is 62.7 Å². The van der Waals surface area contributed by atoms with Gasteiger partial charge in [0, 0.05) is 30.0 Å². The number of anilines is 1. The second-order valence-corrected chi connectivity index (χ2v) is 9.49. The molecule has 4 heterocycles. The van der Waals surface area contributed by atoms with E-state index in [-0.39, 0.29) is 5.91 Å². The van der Waals surface area contributed by atoms with Crippen LogP contribution in [0.4, 0.5) is 5.69 Å². The van der Waals surface area contributed by atoms with Crippen LogP contribution in [-0.4, -0.2) is 30.6 Å². The molecule has 0 radical (unpaired) electrons. The average molecular weight is 473 g/mol. The molecule has 1 aromatic carbocycles. The minimum Gasteiger partial charge on any atom is -0.322 e. The van der Waals surface area contributed by atoms with Gasteiger partial charge in [0.15, 0.2) is 10.8 Å². The molecular weight excluding hydrogens is 452 g/mol. The van der Waals surface area contributed by atoms with Gasteiger partial charge in [0.1, 0.15) is 0 Å². The van der Waals surface area contributed by atoms with E-state index >= 15 is 0 Å². The Kier molecular flexibility index (Phi) is 5.65. The van der Waals surface area contributed by atoms with Gasteiger partial charge in [0.05, 0.1) is 27.2 Å². The van der Waals surface area contributed by atoms with Gasteiger partial charge >= 0.3 is 0 Å². The standard InChI is InChI=1S/C24H20N6OS2/c1-14-12-16(33-24-25-9-5-10-26-24)7-8-18(14)28-23(31)17-13-19(20-6-4-11-32-20)27-22-21(17)15(2)29-30(22)3/h4-13H,1-3H3,(H,28,31). The summed E-state index contributed by atoms with van der Waals surface area (Å²) < 4.78 is 1.72. The molecule has 5 aromatic rings. The molecule has 0 fully saturated rings. The first kappa shape index (κ1) is 21.3. The van der Waals surface area contributed by atoms with E-state index in [9.17, 15) is 4.79 Å². The monoisotopic (exact) mass is 472 g/mol. The summed E-state index contributed by atoms with van der Waals surface area (Å²) in [7, 11) is 1.85. The number of nitrogens with one attached hydrogen (secondary N) is 1. The van der Waals surface area contributed by atoms with Crippen molar-refractivity contribution in [3.05, 3.63) is 77.1 Å². The fourth-order valence-corrected chi connectivity index (χ4v) is 5.14. The van der Waals surface area contributed by atoms with Crippen LogP contribution in [-0.2, 0) is 7.05 Å². The van der Waals surface area contributed by atoms with E-state index in [2.05, 4.69) is 20.4 Å². The fourth-order valence-electron chi connectivity index (χ4n) is 3.65. The topological polar surface area (TPSA) is 85.6 Å². The summed E-state index contributed by atoms with van der Waals surface area (Å²) in [5.41, 5.74) is 4.49. The van der Waals surface area contributed by atoms with Gasteiger partial charge in [0.25, 0.3) is 5.91 Å². The van der Waals surface area contributed by atoms with Crippen molar-refractivity contribution in [3.8, 4) is 10.6 Å². The molecular formula is C24H20N6OS2. The third-order valence-electron chi connectivity index (χ3n) is 5.18. The number of hydrogen-bond donors (Lipinski definition) is 1. The number of rotatable bonds is 5. The highest BCUT2D eigenvalue weighted by Crippen LogP contribution is 2.31. The number of carbonyl (C=O) groups is 1. The second kappa shape index (κ2) is 8.76. The molecule has 0 saturated carbocycles. The number of carbonyl (C=O) groups excluding carboxylic acids is 1. The zero-order valence-electron chi connectivity index (χ0n) is 18.2. The van der Waals surface area contributed by atoms with Crippen LogP contribution in [0.2, 0.25) is 0 Å². The zero-order chi connectivity index (χ0) is 22.9. The van der Waals surface area contributed by atoms with Gasteiger partial charge in [0.2, 0.25) is 0 Å². The highest BCUT2D eigenvalue weighted by Gasteiger charge is 2.20. The number of thiophene rings is 1. The number of aryl methyl sites for hydroxylation is 3. The van der Waals surface area contributed by atoms with Gasteiger partial charge in [-0.1, -0.05) is 6.07 Å². The molecule has 0 atom stereocenters. The second-order valence-electron chi connectivity index (χ2n) is 7.50. The largest absolute Gasteiger partial charge is 0.322 e. The lowest BCUT2D eigenvalue weighted by Gasteiger charge is -2.12. The molecule has 1 N–H and O–H groups in total.